The number of ketones is 1. The molecule has 4 aromatic rings. The van der Waals surface area contributed by atoms with E-state index in [0.29, 0.717) is 46.2 Å². The first-order valence-corrected chi connectivity index (χ1v) is 12.4. The zero-order valence-corrected chi connectivity index (χ0v) is 21.0. The van der Waals surface area contributed by atoms with Crippen LogP contribution in [0.25, 0.3) is 21.8 Å². The summed E-state index contributed by atoms with van der Waals surface area (Å²) >= 11 is 4.83. The number of nitrogens with zero attached hydrogens (tertiary/aromatic N) is 1. The molecule has 5 rings (SSSR count). The van der Waals surface area contributed by atoms with E-state index in [4.69, 9.17) is 9.47 Å². The molecule has 172 valence electrons. The highest BCUT2D eigenvalue weighted by Gasteiger charge is 2.29. The van der Waals surface area contributed by atoms with Crippen molar-refractivity contribution in [1.29, 1.82) is 0 Å². The average molecular weight is 537 g/mol. The summed E-state index contributed by atoms with van der Waals surface area (Å²) in [5.74, 6) is 1.21. The first-order chi connectivity index (χ1) is 16.5. The molecule has 1 aliphatic carbocycles. The van der Waals surface area contributed by atoms with Gasteiger partial charge in [0.1, 0.15) is 5.01 Å². The number of methoxy groups -OCH3 is 2. The quantitative estimate of drug-likeness (QED) is 0.345. The Hall–Kier alpha value is -3.23. The van der Waals surface area contributed by atoms with Crippen molar-refractivity contribution in [3.8, 4) is 33.3 Å². The predicted molar refractivity (Wildman–Crippen MR) is 136 cm³/mol. The highest BCUT2D eigenvalue weighted by atomic mass is 79.9. The average Bonchev–Trinajstić information content (AvgIpc) is 3.33. The van der Waals surface area contributed by atoms with Gasteiger partial charge in [0, 0.05) is 33.1 Å². The van der Waals surface area contributed by atoms with Crippen LogP contribution in [0.2, 0.25) is 0 Å². The molecule has 0 unspecified atom stereocenters. The second-order valence-corrected chi connectivity index (χ2v) is 9.87. The molecule has 2 aromatic carbocycles. The van der Waals surface area contributed by atoms with Crippen LogP contribution in [0, 0.1) is 0 Å². The maximum atomic E-state index is 13.1. The monoisotopic (exact) mass is 536 g/mol. The Morgan fingerprint density at radius 3 is 2.47 bits per heavy atom. The predicted octanol–water partition coefficient (Wildman–Crippen LogP) is 5.86. The van der Waals surface area contributed by atoms with Crippen LogP contribution in [0.5, 0.6) is 11.5 Å². The molecule has 0 fully saturated rings. The van der Waals surface area contributed by atoms with Gasteiger partial charge in [0.25, 0.3) is 5.56 Å². The lowest BCUT2D eigenvalue weighted by Crippen LogP contribution is -2.24. The van der Waals surface area contributed by atoms with Crippen molar-refractivity contribution in [3.63, 3.8) is 0 Å². The van der Waals surface area contributed by atoms with Crippen LogP contribution in [-0.2, 0) is 6.42 Å². The van der Waals surface area contributed by atoms with Gasteiger partial charge in [-0.25, -0.2) is 4.98 Å². The summed E-state index contributed by atoms with van der Waals surface area (Å²) in [4.78, 5) is 33.7. The number of fused-ring (bicyclic) bond motifs is 1. The molecule has 0 radical (unpaired) electrons. The standard InChI is InChI=1S/C26H21BrN2O4S/c1-32-23-8-5-15(11-24(23)33-2)16-9-20-18(22(30)10-16)12-19(25(31)28-20)26-29-21(13-34-26)14-3-6-17(27)7-4-14/h3-8,11-13,16H,9-10H2,1-2H3,(H,28,31)/t16-/m0/s1. The number of benzene rings is 2. The molecule has 6 nitrogen and oxygen atoms in total. The van der Waals surface area contributed by atoms with E-state index in [1.807, 2.05) is 47.8 Å². The van der Waals surface area contributed by atoms with Gasteiger partial charge in [0.05, 0.1) is 25.5 Å². The number of H-pyrrole nitrogens is 1. The van der Waals surface area contributed by atoms with Gasteiger partial charge in [-0.2, -0.15) is 0 Å². The SMILES string of the molecule is COc1ccc([C@@H]2CC(=O)c3cc(-c4nc(-c5ccc(Br)cc5)cs4)c(=O)[nH]c3C2)cc1OC. The van der Waals surface area contributed by atoms with Crippen LogP contribution in [0.3, 0.4) is 0 Å². The number of rotatable bonds is 5. The molecule has 2 heterocycles. The molecule has 0 saturated carbocycles. The molecular formula is C26H21BrN2O4S. The third kappa shape index (κ3) is 4.19. The van der Waals surface area contributed by atoms with Gasteiger partial charge in [-0.1, -0.05) is 34.1 Å². The van der Waals surface area contributed by atoms with E-state index in [2.05, 4.69) is 25.9 Å². The van der Waals surface area contributed by atoms with Gasteiger partial charge in [0.15, 0.2) is 17.3 Å². The van der Waals surface area contributed by atoms with Gasteiger partial charge >= 0.3 is 0 Å². The van der Waals surface area contributed by atoms with Crippen LogP contribution in [0.15, 0.2) is 63.2 Å². The Kier molecular flexibility index (Phi) is 6.10. The summed E-state index contributed by atoms with van der Waals surface area (Å²) in [5.41, 5.74) is 4.14. The number of pyridine rings is 1. The number of thiazole rings is 1. The second-order valence-electron chi connectivity index (χ2n) is 8.09. The maximum Gasteiger partial charge on any atom is 0.258 e. The molecule has 0 spiro atoms. The lowest BCUT2D eigenvalue weighted by molar-refractivity contribution is 0.0963. The van der Waals surface area contributed by atoms with Crippen molar-refractivity contribution in [2.75, 3.05) is 14.2 Å². The zero-order valence-electron chi connectivity index (χ0n) is 18.6. The van der Waals surface area contributed by atoms with E-state index in [1.54, 1.807) is 20.3 Å². The molecular weight excluding hydrogens is 516 g/mol. The number of Topliss-reactive ketones (excluding diaryl/α,β-unsaturated/α-hetero) is 1. The Balaban J connectivity index is 1.46. The Labute approximate surface area is 208 Å². The van der Waals surface area contributed by atoms with Gasteiger partial charge in [-0.05, 0) is 48.2 Å². The Bertz CT molecular complexity index is 1440. The maximum absolute atomic E-state index is 13.1. The van der Waals surface area contributed by atoms with E-state index in [-0.39, 0.29) is 17.3 Å². The van der Waals surface area contributed by atoms with Crippen molar-refractivity contribution in [2.45, 2.75) is 18.8 Å². The Morgan fingerprint density at radius 2 is 1.74 bits per heavy atom. The first-order valence-electron chi connectivity index (χ1n) is 10.7. The fraction of sp³-hybridized carbons (Fsp3) is 0.192. The molecule has 8 heteroatoms. The molecule has 1 aliphatic rings. The molecule has 1 atom stereocenters. The van der Waals surface area contributed by atoms with Crippen LogP contribution < -0.4 is 15.0 Å². The van der Waals surface area contributed by atoms with E-state index in [9.17, 15) is 9.59 Å². The second kappa shape index (κ2) is 9.19. The van der Waals surface area contributed by atoms with E-state index in [1.165, 1.54) is 11.3 Å². The largest absolute Gasteiger partial charge is 0.493 e. The van der Waals surface area contributed by atoms with Crippen molar-refractivity contribution >= 4 is 33.0 Å². The lowest BCUT2D eigenvalue weighted by Gasteiger charge is -2.24. The van der Waals surface area contributed by atoms with Gasteiger partial charge in [0.2, 0.25) is 0 Å². The number of aromatic amines is 1. The number of aromatic nitrogens is 2. The molecule has 1 N–H and O–H groups in total. The van der Waals surface area contributed by atoms with Gasteiger partial charge < -0.3 is 14.5 Å². The minimum absolute atomic E-state index is 0.00299. The van der Waals surface area contributed by atoms with Crippen LogP contribution in [-0.4, -0.2) is 30.0 Å². The van der Waals surface area contributed by atoms with E-state index >= 15 is 0 Å². The van der Waals surface area contributed by atoms with Crippen molar-refractivity contribution in [1.82, 2.24) is 9.97 Å². The first kappa shape index (κ1) is 22.6. The summed E-state index contributed by atoms with van der Waals surface area (Å²) in [6.45, 7) is 0. The smallest absolute Gasteiger partial charge is 0.258 e. The Morgan fingerprint density at radius 1 is 0.971 bits per heavy atom. The number of hydrogen-bond acceptors (Lipinski definition) is 6. The van der Waals surface area contributed by atoms with Gasteiger partial charge in [-0.3, -0.25) is 9.59 Å². The third-order valence-corrected chi connectivity index (χ3v) is 7.46. The van der Waals surface area contributed by atoms with Crippen LogP contribution >= 0.6 is 27.3 Å². The molecule has 34 heavy (non-hydrogen) atoms. The van der Waals surface area contributed by atoms with Crippen molar-refractivity contribution in [2.24, 2.45) is 0 Å². The number of carbonyl (C=O) groups is 1. The lowest BCUT2D eigenvalue weighted by atomic mass is 9.81. The zero-order chi connectivity index (χ0) is 23.8. The third-order valence-electron chi connectivity index (χ3n) is 6.06. The summed E-state index contributed by atoms with van der Waals surface area (Å²) < 4.78 is 11.7. The van der Waals surface area contributed by atoms with Crippen molar-refractivity contribution in [3.05, 3.63) is 85.6 Å². The number of halogens is 1. The highest BCUT2D eigenvalue weighted by molar-refractivity contribution is 9.10. The number of nitrogens with one attached hydrogen (secondary N) is 1. The van der Waals surface area contributed by atoms with Crippen LogP contribution in [0.1, 0.15) is 34.0 Å². The fourth-order valence-electron chi connectivity index (χ4n) is 4.28. The summed E-state index contributed by atoms with van der Waals surface area (Å²) in [7, 11) is 3.17. The van der Waals surface area contributed by atoms with E-state index in [0.717, 1.165) is 21.3 Å². The van der Waals surface area contributed by atoms with Crippen LogP contribution in [0.4, 0.5) is 0 Å². The molecule has 0 amide bonds. The minimum Gasteiger partial charge on any atom is -0.493 e. The van der Waals surface area contributed by atoms with Gasteiger partial charge in [-0.15, -0.1) is 11.3 Å². The molecule has 0 bridgehead atoms. The topological polar surface area (TPSA) is 81.3 Å². The number of ether oxygens (including phenoxy) is 2. The minimum atomic E-state index is -0.240. The summed E-state index contributed by atoms with van der Waals surface area (Å²) in [6.07, 6.45) is 0.921. The van der Waals surface area contributed by atoms with E-state index < -0.39 is 0 Å². The normalized spacial score (nSPS) is 15.1. The summed E-state index contributed by atoms with van der Waals surface area (Å²) in [6, 6.07) is 15.2. The number of carbonyl (C=O) groups excluding carboxylic acids is 1. The fourth-order valence-corrected chi connectivity index (χ4v) is 5.39. The summed E-state index contributed by atoms with van der Waals surface area (Å²) in [5, 5.41) is 2.52. The molecule has 0 saturated heterocycles. The van der Waals surface area contributed by atoms with Crippen molar-refractivity contribution < 1.29 is 14.3 Å². The number of hydrogen-bond donors (Lipinski definition) is 1. The highest BCUT2D eigenvalue weighted by Crippen LogP contribution is 2.37. The molecule has 0 aliphatic heterocycles. The molecule has 2 aromatic heterocycles.